The summed E-state index contributed by atoms with van der Waals surface area (Å²) in [6, 6.07) is 64.0. The maximum atomic E-state index is 2.43. The van der Waals surface area contributed by atoms with Gasteiger partial charge < -0.3 is 4.90 Å². The van der Waals surface area contributed by atoms with E-state index in [1.54, 1.807) is 0 Å². The number of fused-ring (bicyclic) bond motifs is 4. The van der Waals surface area contributed by atoms with Gasteiger partial charge in [-0.05, 0) is 81.1 Å². The fourth-order valence-corrected chi connectivity index (χ4v) is 6.97. The number of rotatable bonds is 5. The van der Waals surface area contributed by atoms with Crippen LogP contribution in [0, 0.1) is 0 Å². The molecule has 7 aromatic rings. The van der Waals surface area contributed by atoms with E-state index in [0.29, 0.717) is 0 Å². The molecular formula is C41H29N. The molecule has 0 spiro atoms. The van der Waals surface area contributed by atoms with Crippen LogP contribution in [0.1, 0.15) is 22.3 Å². The Labute approximate surface area is 247 Å². The van der Waals surface area contributed by atoms with E-state index in [9.17, 15) is 0 Å². The molecule has 0 aliphatic heterocycles. The third-order valence-corrected chi connectivity index (χ3v) is 8.69. The summed E-state index contributed by atoms with van der Waals surface area (Å²) >= 11 is 0. The van der Waals surface area contributed by atoms with Gasteiger partial charge in [-0.25, -0.2) is 0 Å². The predicted molar refractivity (Wildman–Crippen MR) is 176 cm³/mol. The molecule has 0 atom stereocenters. The van der Waals surface area contributed by atoms with Crippen molar-refractivity contribution in [1.29, 1.82) is 0 Å². The van der Waals surface area contributed by atoms with Crippen molar-refractivity contribution in [3.8, 4) is 11.1 Å². The van der Waals surface area contributed by atoms with Gasteiger partial charge in [0.15, 0.2) is 0 Å². The fourth-order valence-electron chi connectivity index (χ4n) is 6.97. The first kappa shape index (κ1) is 24.4. The zero-order valence-electron chi connectivity index (χ0n) is 23.2. The standard InChI is InChI=1S/C41H29N/c1-5-18-32(19-6-1)41(33-20-7-2-8-21-33)37-26-15-27-39(40(37)36-28-30-16-13-14-17-31(30)29-38(36)41)42(34-22-9-3-10-23-34)35-24-11-4-12-25-35/h1-29H. The molecule has 0 radical (unpaired) electrons. The maximum absolute atomic E-state index is 2.43. The lowest BCUT2D eigenvalue weighted by atomic mass is 9.67. The third kappa shape index (κ3) is 3.64. The van der Waals surface area contributed by atoms with Crippen molar-refractivity contribution < 1.29 is 0 Å². The van der Waals surface area contributed by atoms with Gasteiger partial charge in [0.05, 0.1) is 11.1 Å². The van der Waals surface area contributed by atoms with Gasteiger partial charge >= 0.3 is 0 Å². The van der Waals surface area contributed by atoms with Crippen molar-refractivity contribution in [2.24, 2.45) is 0 Å². The van der Waals surface area contributed by atoms with Crippen LogP contribution in [0.3, 0.4) is 0 Å². The molecule has 0 saturated carbocycles. The van der Waals surface area contributed by atoms with E-state index in [1.165, 1.54) is 49.8 Å². The van der Waals surface area contributed by atoms with Crippen molar-refractivity contribution >= 4 is 27.8 Å². The smallest absolute Gasteiger partial charge is 0.0714 e. The topological polar surface area (TPSA) is 3.24 Å². The lowest BCUT2D eigenvalue weighted by molar-refractivity contribution is 0.769. The summed E-state index contributed by atoms with van der Waals surface area (Å²) < 4.78 is 0. The van der Waals surface area contributed by atoms with E-state index in [2.05, 4.69) is 181 Å². The molecule has 0 aromatic heterocycles. The van der Waals surface area contributed by atoms with Crippen LogP contribution in [-0.4, -0.2) is 0 Å². The lowest BCUT2D eigenvalue weighted by Gasteiger charge is -2.34. The van der Waals surface area contributed by atoms with Crippen molar-refractivity contribution in [3.05, 3.63) is 198 Å². The Bertz CT molecular complexity index is 1930. The molecular weight excluding hydrogens is 506 g/mol. The van der Waals surface area contributed by atoms with Gasteiger partial charge in [-0.3, -0.25) is 0 Å². The predicted octanol–water partition coefficient (Wildman–Crippen LogP) is 10.7. The fraction of sp³-hybridized carbons (Fsp3) is 0.0244. The summed E-state index contributed by atoms with van der Waals surface area (Å²) in [6.45, 7) is 0. The molecule has 1 heteroatoms. The molecule has 198 valence electrons. The molecule has 0 bridgehead atoms. The summed E-state index contributed by atoms with van der Waals surface area (Å²) in [4.78, 5) is 2.41. The van der Waals surface area contributed by atoms with Crippen molar-refractivity contribution in [1.82, 2.24) is 0 Å². The van der Waals surface area contributed by atoms with E-state index in [-0.39, 0.29) is 0 Å². The Balaban J connectivity index is 1.54. The van der Waals surface area contributed by atoms with E-state index in [0.717, 1.165) is 11.4 Å². The van der Waals surface area contributed by atoms with Gasteiger partial charge in [0.2, 0.25) is 0 Å². The largest absolute Gasteiger partial charge is 0.310 e. The Morgan fingerprint density at radius 3 is 1.40 bits per heavy atom. The normalized spacial score (nSPS) is 13.0. The van der Waals surface area contributed by atoms with Gasteiger partial charge in [0, 0.05) is 16.9 Å². The van der Waals surface area contributed by atoms with Crippen LogP contribution >= 0.6 is 0 Å². The van der Waals surface area contributed by atoms with E-state index in [1.807, 2.05) is 0 Å². The number of hydrogen-bond acceptors (Lipinski definition) is 1. The second-order valence-corrected chi connectivity index (χ2v) is 10.9. The second-order valence-electron chi connectivity index (χ2n) is 10.9. The SMILES string of the molecule is c1ccc(N(c2ccccc2)c2cccc3c2-c2cc4ccccc4cc2C3(c2ccccc2)c2ccccc2)cc1. The molecule has 1 aliphatic carbocycles. The monoisotopic (exact) mass is 535 g/mol. The average Bonchev–Trinajstić information content (AvgIpc) is 3.36. The zero-order valence-corrected chi connectivity index (χ0v) is 23.2. The second kappa shape index (κ2) is 9.90. The summed E-state index contributed by atoms with van der Waals surface area (Å²) in [5.74, 6) is 0. The minimum absolute atomic E-state index is 0.466. The highest BCUT2D eigenvalue weighted by atomic mass is 15.1. The maximum Gasteiger partial charge on any atom is 0.0714 e. The first-order valence-electron chi connectivity index (χ1n) is 14.5. The molecule has 0 N–H and O–H groups in total. The van der Waals surface area contributed by atoms with E-state index in [4.69, 9.17) is 0 Å². The molecule has 0 heterocycles. The number of para-hydroxylation sites is 2. The van der Waals surface area contributed by atoms with Crippen LogP contribution < -0.4 is 4.90 Å². The highest BCUT2D eigenvalue weighted by Gasteiger charge is 2.47. The number of nitrogens with zero attached hydrogens (tertiary/aromatic N) is 1. The molecule has 0 fully saturated rings. The van der Waals surface area contributed by atoms with Crippen LogP contribution in [0.2, 0.25) is 0 Å². The Kier molecular flexibility index (Phi) is 5.75. The van der Waals surface area contributed by atoms with Gasteiger partial charge in [-0.1, -0.05) is 133 Å². The van der Waals surface area contributed by atoms with Gasteiger partial charge in [0.1, 0.15) is 0 Å². The van der Waals surface area contributed by atoms with Crippen molar-refractivity contribution in [2.45, 2.75) is 5.41 Å². The van der Waals surface area contributed by atoms with E-state index < -0.39 is 5.41 Å². The number of benzene rings is 7. The highest BCUT2D eigenvalue weighted by Crippen LogP contribution is 2.60. The minimum Gasteiger partial charge on any atom is -0.310 e. The molecule has 0 amide bonds. The van der Waals surface area contributed by atoms with Gasteiger partial charge in [-0.2, -0.15) is 0 Å². The van der Waals surface area contributed by atoms with Crippen molar-refractivity contribution in [3.63, 3.8) is 0 Å². The molecule has 1 aliphatic rings. The molecule has 42 heavy (non-hydrogen) atoms. The first-order valence-corrected chi connectivity index (χ1v) is 14.5. The molecule has 8 rings (SSSR count). The van der Waals surface area contributed by atoms with E-state index >= 15 is 0 Å². The first-order chi connectivity index (χ1) is 20.9. The highest BCUT2D eigenvalue weighted by molar-refractivity contribution is 6.01. The molecule has 1 nitrogen and oxygen atoms in total. The average molecular weight is 536 g/mol. The third-order valence-electron chi connectivity index (χ3n) is 8.69. The van der Waals surface area contributed by atoms with Crippen LogP contribution in [0.25, 0.3) is 21.9 Å². The Morgan fingerprint density at radius 1 is 0.381 bits per heavy atom. The summed E-state index contributed by atoms with van der Waals surface area (Å²) in [5, 5.41) is 2.50. The summed E-state index contributed by atoms with van der Waals surface area (Å²) in [7, 11) is 0. The minimum atomic E-state index is -0.466. The van der Waals surface area contributed by atoms with Gasteiger partial charge in [0.25, 0.3) is 0 Å². The summed E-state index contributed by atoms with van der Waals surface area (Å²) in [5.41, 5.74) is 10.7. The number of hydrogen-bond donors (Lipinski definition) is 0. The molecule has 7 aromatic carbocycles. The Morgan fingerprint density at radius 2 is 0.857 bits per heavy atom. The molecule has 0 unspecified atom stereocenters. The van der Waals surface area contributed by atoms with Crippen LogP contribution in [0.5, 0.6) is 0 Å². The lowest BCUT2D eigenvalue weighted by Crippen LogP contribution is -2.28. The number of anilines is 3. The quantitative estimate of drug-likeness (QED) is 0.212. The van der Waals surface area contributed by atoms with Crippen LogP contribution in [0.15, 0.2) is 176 Å². The summed E-state index contributed by atoms with van der Waals surface area (Å²) in [6.07, 6.45) is 0. The zero-order chi connectivity index (χ0) is 27.9. The van der Waals surface area contributed by atoms with Gasteiger partial charge in [-0.15, -0.1) is 0 Å². The van der Waals surface area contributed by atoms with Crippen LogP contribution in [0.4, 0.5) is 17.1 Å². The van der Waals surface area contributed by atoms with Crippen molar-refractivity contribution in [2.75, 3.05) is 4.90 Å². The van der Waals surface area contributed by atoms with Crippen LogP contribution in [-0.2, 0) is 5.41 Å². The molecule has 0 saturated heterocycles. The Hall–Kier alpha value is -5.40.